The minimum atomic E-state index is 0.452. The molecule has 0 bridgehead atoms. The van der Waals surface area contributed by atoms with Gasteiger partial charge in [0.1, 0.15) is 0 Å². The first-order valence-corrected chi connectivity index (χ1v) is 5.72. The molecule has 0 aliphatic carbocycles. The normalized spacial score (nSPS) is 10.7. The zero-order valence-corrected chi connectivity index (χ0v) is 10.1. The van der Waals surface area contributed by atoms with Crippen LogP contribution in [0.2, 0.25) is 5.02 Å². The summed E-state index contributed by atoms with van der Waals surface area (Å²) in [4.78, 5) is 0. The lowest BCUT2D eigenvalue weighted by molar-refractivity contribution is 1.09. The molecule has 0 aliphatic heterocycles. The number of nitrogen functional groups attached to an aromatic ring is 1. The molecule has 90 valence electrons. The van der Waals surface area contributed by atoms with Crippen LogP contribution in [0.5, 0.6) is 0 Å². The highest BCUT2D eigenvalue weighted by molar-refractivity contribution is 6.30. The molecule has 0 saturated heterocycles. The molecule has 3 aromatic rings. The average Bonchev–Trinajstić information content (AvgIpc) is 2.99. The number of hydrogen-bond donors (Lipinski definition) is 3. The van der Waals surface area contributed by atoms with Crippen LogP contribution in [0, 0.1) is 0 Å². The summed E-state index contributed by atoms with van der Waals surface area (Å²) in [5.74, 6) is 0.452. The Labute approximate surface area is 108 Å². The summed E-state index contributed by atoms with van der Waals surface area (Å²) in [6, 6.07) is 7.46. The molecule has 2 aromatic heterocycles. The number of rotatable bonds is 2. The summed E-state index contributed by atoms with van der Waals surface area (Å²) in [5.41, 5.74) is 9.47. The quantitative estimate of drug-likeness (QED) is 0.662. The van der Waals surface area contributed by atoms with Crippen LogP contribution in [0.1, 0.15) is 0 Å². The summed E-state index contributed by atoms with van der Waals surface area (Å²) >= 11 is 5.88. The second kappa shape index (κ2) is 4.19. The molecule has 5 nitrogen and oxygen atoms in total. The second-order valence-corrected chi connectivity index (χ2v) is 4.29. The Morgan fingerprint density at radius 2 is 1.89 bits per heavy atom. The Balaban J connectivity index is 2.17. The topological polar surface area (TPSA) is 83.4 Å². The summed E-state index contributed by atoms with van der Waals surface area (Å²) in [7, 11) is 0. The van der Waals surface area contributed by atoms with E-state index in [9.17, 15) is 0 Å². The Bertz CT molecular complexity index is 654. The van der Waals surface area contributed by atoms with Crippen LogP contribution in [0.3, 0.4) is 0 Å². The van der Waals surface area contributed by atoms with Crippen molar-refractivity contribution in [3.05, 3.63) is 41.7 Å². The number of nitrogens with zero attached hydrogens (tertiary/aromatic N) is 2. The second-order valence-electron chi connectivity index (χ2n) is 3.85. The monoisotopic (exact) mass is 259 g/mol. The Kier molecular flexibility index (Phi) is 2.53. The smallest absolute Gasteiger partial charge is 0.153 e. The van der Waals surface area contributed by atoms with Gasteiger partial charge in [0.25, 0.3) is 0 Å². The van der Waals surface area contributed by atoms with E-state index in [1.165, 1.54) is 0 Å². The van der Waals surface area contributed by atoms with E-state index in [1.54, 1.807) is 12.4 Å². The fraction of sp³-hybridized carbons (Fsp3) is 0. The number of hydrogen-bond acceptors (Lipinski definition) is 3. The molecule has 0 radical (unpaired) electrons. The van der Waals surface area contributed by atoms with Gasteiger partial charge in [-0.25, -0.2) is 0 Å². The lowest BCUT2D eigenvalue weighted by Gasteiger charge is -2.02. The molecule has 0 unspecified atom stereocenters. The number of halogens is 1. The number of H-pyrrole nitrogens is 2. The molecule has 2 heterocycles. The van der Waals surface area contributed by atoms with Gasteiger partial charge < -0.3 is 5.73 Å². The number of anilines is 1. The predicted molar refractivity (Wildman–Crippen MR) is 71.0 cm³/mol. The molecule has 0 fully saturated rings. The summed E-state index contributed by atoms with van der Waals surface area (Å²) in [5, 5.41) is 14.3. The van der Waals surface area contributed by atoms with Crippen molar-refractivity contribution in [1.29, 1.82) is 0 Å². The molecular formula is C12H10ClN5. The van der Waals surface area contributed by atoms with Gasteiger partial charge in [-0.2, -0.15) is 10.2 Å². The summed E-state index contributed by atoms with van der Waals surface area (Å²) in [6.45, 7) is 0. The number of aromatic amines is 2. The van der Waals surface area contributed by atoms with E-state index in [-0.39, 0.29) is 0 Å². The highest BCUT2D eigenvalue weighted by Gasteiger charge is 2.15. The summed E-state index contributed by atoms with van der Waals surface area (Å²) in [6.07, 6.45) is 3.50. The van der Waals surface area contributed by atoms with Gasteiger partial charge in [0.05, 0.1) is 17.5 Å². The standard InChI is InChI=1S/C12H10ClN5/c13-9-3-1-7(2-4-9)10-11(17-18-12(10)14)8-5-15-16-6-8/h1-6H,(H,15,16)(H3,14,17,18). The molecule has 1 aromatic carbocycles. The zero-order valence-electron chi connectivity index (χ0n) is 9.31. The Hall–Kier alpha value is -2.27. The largest absolute Gasteiger partial charge is 0.382 e. The molecule has 4 N–H and O–H groups in total. The van der Waals surface area contributed by atoms with Crippen molar-refractivity contribution in [1.82, 2.24) is 20.4 Å². The number of aromatic nitrogens is 4. The van der Waals surface area contributed by atoms with Crippen molar-refractivity contribution >= 4 is 17.4 Å². The Morgan fingerprint density at radius 1 is 1.11 bits per heavy atom. The molecule has 18 heavy (non-hydrogen) atoms. The van der Waals surface area contributed by atoms with Gasteiger partial charge in [-0.15, -0.1) is 0 Å². The van der Waals surface area contributed by atoms with Gasteiger partial charge in [0, 0.05) is 16.8 Å². The highest BCUT2D eigenvalue weighted by atomic mass is 35.5. The maximum atomic E-state index is 5.91. The van der Waals surface area contributed by atoms with E-state index < -0.39 is 0 Å². The fourth-order valence-electron chi connectivity index (χ4n) is 1.86. The van der Waals surface area contributed by atoms with E-state index in [0.29, 0.717) is 10.8 Å². The molecule has 0 atom stereocenters. The predicted octanol–water partition coefficient (Wildman–Crippen LogP) is 2.70. The third kappa shape index (κ3) is 1.74. The molecule has 0 aliphatic rings. The van der Waals surface area contributed by atoms with Crippen molar-refractivity contribution < 1.29 is 0 Å². The maximum Gasteiger partial charge on any atom is 0.153 e. The lowest BCUT2D eigenvalue weighted by atomic mass is 10.0. The van der Waals surface area contributed by atoms with E-state index in [4.69, 9.17) is 17.3 Å². The van der Waals surface area contributed by atoms with Crippen LogP contribution in [0.25, 0.3) is 22.4 Å². The van der Waals surface area contributed by atoms with Gasteiger partial charge in [-0.05, 0) is 17.7 Å². The fourth-order valence-corrected chi connectivity index (χ4v) is 1.99. The van der Waals surface area contributed by atoms with Crippen molar-refractivity contribution in [2.24, 2.45) is 0 Å². The van der Waals surface area contributed by atoms with Gasteiger partial charge in [-0.3, -0.25) is 10.2 Å². The van der Waals surface area contributed by atoms with Crippen LogP contribution < -0.4 is 5.73 Å². The summed E-state index contributed by atoms with van der Waals surface area (Å²) < 4.78 is 0. The van der Waals surface area contributed by atoms with E-state index in [2.05, 4.69) is 20.4 Å². The molecule has 0 saturated carbocycles. The van der Waals surface area contributed by atoms with Crippen molar-refractivity contribution in [3.63, 3.8) is 0 Å². The van der Waals surface area contributed by atoms with E-state index in [0.717, 1.165) is 22.4 Å². The number of nitrogens with two attached hydrogens (primary N) is 1. The van der Waals surface area contributed by atoms with E-state index in [1.807, 2.05) is 24.3 Å². The minimum Gasteiger partial charge on any atom is -0.382 e. The van der Waals surface area contributed by atoms with Crippen LogP contribution in [0.15, 0.2) is 36.7 Å². The van der Waals surface area contributed by atoms with Gasteiger partial charge in [-0.1, -0.05) is 23.7 Å². The number of nitrogens with one attached hydrogen (secondary N) is 2. The third-order valence-corrected chi connectivity index (χ3v) is 2.97. The lowest BCUT2D eigenvalue weighted by Crippen LogP contribution is -1.88. The van der Waals surface area contributed by atoms with Crippen molar-refractivity contribution in [3.8, 4) is 22.4 Å². The average molecular weight is 260 g/mol. The first-order valence-electron chi connectivity index (χ1n) is 5.34. The number of benzene rings is 1. The molecule has 3 rings (SSSR count). The van der Waals surface area contributed by atoms with Gasteiger partial charge in [0.2, 0.25) is 0 Å². The van der Waals surface area contributed by atoms with Crippen LogP contribution in [0.4, 0.5) is 5.82 Å². The first kappa shape index (κ1) is 10.9. The van der Waals surface area contributed by atoms with Crippen molar-refractivity contribution in [2.45, 2.75) is 0 Å². The Morgan fingerprint density at radius 3 is 2.56 bits per heavy atom. The molecule has 0 spiro atoms. The van der Waals surface area contributed by atoms with Gasteiger partial charge in [0.15, 0.2) is 5.82 Å². The van der Waals surface area contributed by atoms with Crippen molar-refractivity contribution in [2.75, 3.05) is 5.73 Å². The minimum absolute atomic E-state index is 0.452. The molecule has 6 heteroatoms. The third-order valence-electron chi connectivity index (χ3n) is 2.71. The van der Waals surface area contributed by atoms with Crippen LogP contribution in [-0.2, 0) is 0 Å². The van der Waals surface area contributed by atoms with Crippen LogP contribution in [-0.4, -0.2) is 20.4 Å². The molecular weight excluding hydrogens is 250 g/mol. The molecule has 0 amide bonds. The van der Waals surface area contributed by atoms with Gasteiger partial charge >= 0.3 is 0 Å². The van der Waals surface area contributed by atoms with E-state index >= 15 is 0 Å². The zero-order chi connectivity index (χ0) is 12.5. The SMILES string of the molecule is Nc1n[nH]c(-c2cn[nH]c2)c1-c1ccc(Cl)cc1. The maximum absolute atomic E-state index is 5.91. The first-order chi connectivity index (χ1) is 8.75. The highest BCUT2D eigenvalue weighted by Crippen LogP contribution is 2.34. The van der Waals surface area contributed by atoms with Crippen LogP contribution >= 0.6 is 11.6 Å².